The highest BCUT2D eigenvalue weighted by Crippen LogP contribution is 2.52. The molecular formula is C25H21N2O4-. The fraction of sp³-hybridized carbons (Fsp3) is 0.240. The first-order chi connectivity index (χ1) is 14.7. The van der Waals surface area contributed by atoms with Crippen LogP contribution in [0.4, 0.5) is 11.4 Å². The fourth-order valence-electron chi connectivity index (χ4n) is 4.94. The van der Waals surface area contributed by atoms with Gasteiger partial charge in [0.25, 0.3) is 5.69 Å². The Hall–Kier alpha value is -3.67. The quantitative estimate of drug-likeness (QED) is 0.464. The SMILES string of the molecule is CC1(C)CC(=O)C2=C(C1)c1c(ccc3ccccc13)N[C@H]2c1ccc([O-])c([N+](=O)[O-])c1. The summed E-state index contributed by atoms with van der Waals surface area (Å²) in [6, 6.07) is 15.7. The normalized spacial score (nSPS) is 19.5. The van der Waals surface area contributed by atoms with Crippen LogP contribution in [0.25, 0.3) is 16.3 Å². The molecule has 1 aliphatic carbocycles. The number of rotatable bonds is 2. The minimum Gasteiger partial charge on any atom is -0.868 e. The number of anilines is 1. The molecule has 6 nitrogen and oxygen atoms in total. The number of allylic oxidation sites excluding steroid dienone is 1. The predicted molar refractivity (Wildman–Crippen MR) is 118 cm³/mol. The number of hydrogen-bond donors (Lipinski definition) is 1. The molecule has 1 N–H and O–H groups in total. The predicted octanol–water partition coefficient (Wildman–Crippen LogP) is 5.13. The van der Waals surface area contributed by atoms with E-state index in [-0.39, 0.29) is 11.2 Å². The van der Waals surface area contributed by atoms with E-state index in [1.54, 1.807) is 6.07 Å². The van der Waals surface area contributed by atoms with Gasteiger partial charge in [-0.25, -0.2) is 0 Å². The molecule has 1 heterocycles. The molecule has 0 saturated heterocycles. The van der Waals surface area contributed by atoms with Crippen molar-refractivity contribution < 1.29 is 14.8 Å². The average Bonchev–Trinajstić information content (AvgIpc) is 2.72. The van der Waals surface area contributed by atoms with Crippen molar-refractivity contribution in [2.75, 3.05) is 5.32 Å². The molecule has 3 aromatic carbocycles. The molecule has 5 rings (SSSR count). The molecule has 0 unspecified atom stereocenters. The summed E-state index contributed by atoms with van der Waals surface area (Å²) in [5.74, 6) is -0.600. The highest BCUT2D eigenvalue weighted by molar-refractivity contribution is 6.12. The highest BCUT2D eigenvalue weighted by atomic mass is 16.6. The number of nitro groups is 1. The number of carbonyl (C=O) groups is 1. The molecular weight excluding hydrogens is 392 g/mol. The Morgan fingerprint density at radius 2 is 1.84 bits per heavy atom. The van der Waals surface area contributed by atoms with Crippen LogP contribution >= 0.6 is 0 Å². The maximum absolute atomic E-state index is 13.4. The number of nitro benzene ring substituents is 1. The number of carbonyl (C=O) groups excluding carboxylic acids is 1. The zero-order valence-corrected chi connectivity index (χ0v) is 17.3. The number of Topliss-reactive ketones (excluding diaryl/α,β-unsaturated/α-hetero) is 1. The van der Waals surface area contributed by atoms with Crippen LogP contribution < -0.4 is 10.4 Å². The van der Waals surface area contributed by atoms with E-state index >= 15 is 0 Å². The van der Waals surface area contributed by atoms with E-state index in [4.69, 9.17) is 0 Å². The van der Waals surface area contributed by atoms with Gasteiger partial charge in [-0.3, -0.25) is 14.9 Å². The first-order valence-corrected chi connectivity index (χ1v) is 10.3. The summed E-state index contributed by atoms with van der Waals surface area (Å²) in [4.78, 5) is 24.0. The van der Waals surface area contributed by atoms with E-state index in [0.717, 1.165) is 34.0 Å². The van der Waals surface area contributed by atoms with Gasteiger partial charge in [-0.2, -0.15) is 0 Å². The van der Waals surface area contributed by atoms with Crippen LogP contribution in [0.15, 0.2) is 60.2 Å². The van der Waals surface area contributed by atoms with E-state index in [1.165, 1.54) is 12.1 Å². The molecule has 0 fully saturated rings. The molecule has 0 aromatic heterocycles. The van der Waals surface area contributed by atoms with Gasteiger partial charge in [-0.15, -0.1) is 0 Å². The zero-order valence-electron chi connectivity index (χ0n) is 17.3. The molecule has 3 aromatic rings. The van der Waals surface area contributed by atoms with E-state index < -0.39 is 22.4 Å². The standard InChI is InChI=1S/C25H22N2O4/c1-25(2)12-17-22-16-6-4-3-5-14(16)7-9-18(22)26-24(23(17)21(29)13-25)15-8-10-20(28)19(11-15)27(30)31/h3-11,24,26,28H,12-13H2,1-2H3/p-1/t24-/m0/s1. The molecule has 0 bridgehead atoms. The fourth-order valence-corrected chi connectivity index (χ4v) is 4.94. The lowest BCUT2D eigenvalue weighted by Gasteiger charge is -2.40. The Kier molecular flexibility index (Phi) is 4.15. The number of ketones is 1. The molecule has 1 aliphatic heterocycles. The van der Waals surface area contributed by atoms with Gasteiger partial charge in [0.1, 0.15) is 0 Å². The van der Waals surface area contributed by atoms with E-state index in [2.05, 4.69) is 25.2 Å². The van der Waals surface area contributed by atoms with Gasteiger partial charge >= 0.3 is 0 Å². The summed E-state index contributed by atoms with van der Waals surface area (Å²) in [7, 11) is 0. The van der Waals surface area contributed by atoms with E-state index in [9.17, 15) is 20.0 Å². The van der Waals surface area contributed by atoms with Gasteiger partial charge in [0, 0.05) is 29.3 Å². The second kappa shape index (κ2) is 6.67. The Morgan fingerprint density at radius 1 is 1.06 bits per heavy atom. The van der Waals surface area contributed by atoms with E-state index in [1.807, 2.05) is 30.3 Å². The summed E-state index contributed by atoms with van der Waals surface area (Å²) in [5, 5.41) is 28.9. The van der Waals surface area contributed by atoms with Crippen LogP contribution in [0, 0.1) is 15.5 Å². The lowest BCUT2D eigenvalue weighted by Crippen LogP contribution is -2.33. The Balaban J connectivity index is 1.78. The van der Waals surface area contributed by atoms with Gasteiger partial charge in [0.05, 0.1) is 11.0 Å². The molecule has 1 atom stereocenters. The summed E-state index contributed by atoms with van der Waals surface area (Å²) in [6.07, 6.45) is 1.14. The maximum atomic E-state index is 13.4. The van der Waals surface area contributed by atoms with Gasteiger partial charge in [-0.1, -0.05) is 56.3 Å². The van der Waals surface area contributed by atoms with Gasteiger partial charge in [0.2, 0.25) is 0 Å². The molecule has 6 heteroatoms. The Labute approximate surface area is 179 Å². The molecule has 0 spiro atoms. The summed E-state index contributed by atoms with van der Waals surface area (Å²) in [5.41, 5.74) is 3.45. The zero-order chi connectivity index (χ0) is 21.9. The Morgan fingerprint density at radius 3 is 2.61 bits per heavy atom. The third-order valence-corrected chi connectivity index (χ3v) is 6.25. The van der Waals surface area contributed by atoms with Crippen molar-refractivity contribution in [2.24, 2.45) is 5.41 Å². The minimum atomic E-state index is -0.669. The lowest BCUT2D eigenvalue weighted by atomic mass is 9.68. The van der Waals surface area contributed by atoms with Crippen molar-refractivity contribution in [1.82, 2.24) is 0 Å². The minimum absolute atomic E-state index is 0.0381. The maximum Gasteiger partial charge on any atom is 0.262 e. The second-order valence-corrected chi connectivity index (χ2v) is 9.10. The van der Waals surface area contributed by atoms with E-state index in [0.29, 0.717) is 17.6 Å². The number of benzene rings is 3. The molecule has 31 heavy (non-hydrogen) atoms. The van der Waals surface area contributed by atoms with Crippen molar-refractivity contribution in [1.29, 1.82) is 0 Å². The number of fused-ring (bicyclic) bond motifs is 4. The summed E-state index contributed by atoms with van der Waals surface area (Å²) >= 11 is 0. The van der Waals surface area contributed by atoms with Crippen LogP contribution in [-0.4, -0.2) is 10.7 Å². The average molecular weight is 413 g/mol. The first-order valence-electron chi connectivity index (χ1n) is 10.3. The number of nitrogens with zero attached hydrogens (tertiary/aromatic N) is 1. The van der Waals surface area contributed by atoms with Gasteiger partial charge < -0.3 is 10.4 Å². The first kappa shape index (κ1) is 19.3. The third-order valence-electron chi connectivity index (χ3n) is 6.25. The smallest absolute Gasteiger partial charge is 0.262 e. The van der Waals surface area contributed by atoms with Crippen LogP contribution in [0.1, 0.15) is 43.9 Å². The number of nitrogens with one attached hydrogen (secondary N) is 1. The summed E-state index contributed by atoms with van der Waals surface area (Å²) in [6.45, 7) is 4.18. The largest absolute Gasteiger partial charge is 0.868 e. The lowest BCUT2D eigenvalue weighted by molar-refractivity contribution is -0.398. The van der Waals surface area contributed by atoms with Crippen molar-refractivity contribution >= 4 is 33.5 Å². The van der Waals surface area contributed by atoms with Crippen LogP contribution in [0.5, 0.6) is 5.75 Å². The topological polar surface area (TPSA) is 95.3 Å². The third kappa shape index (κ3) is 3.06. The molecule has 2 aliphatic rings. The Bertz CT molecular complexity index is 1310. The van der Waals surface area contributed by atoms with Gasteiger partial charge in [0.15, 0.2) is 5.78 Å². The van der Waals surface area contributed by atoms with Crippen molar-refractivity contribution in [2.45, 2.75) is 32.7 Å². The summed E-state index contributed by atoms with van der Waals surface area (Å²) < 4.78 is 0. The van der Waals surface area contributed by atoms with Crippen LogP contribution in [-0.2, 0) is 4.79 Å². The molecule has 0 amide bonds. The van der Waals surface area contributed by atoms with Crippen molar-refractivity contribution in [3.05, 3.63) is 81.4 Å². The van der Waals surface area contributed by atoms with Crippen molar-refractivity contribution in [3.63, 3.8) is 0 Å². The second-order valence-electron chi connectivity index (χ2n) is 9.10. The molecule has 0 radical (unpaired) electrons. The molecule has 0 saturated carbocycles. The van der Waals surface area contributed by atoms with Gasteiger partial charge in [-0.05, 0) is 45.6 Å². The molecule has 156 valence electrons. The van der Waals surface area contributed by atoms with Crippen molar-refractivity contribution in [3.8, 4) is 5.75 Å². The monoisotopic (exact) mass is 413 g/mol. The van der Waals surface area contributed by atoms with Crippen LogP contribution in [0.2, 0.25) is 0 Å². The highest BCUT2D eigenvalue weighted by Gasteiger charge is 2.41. The number of hydrogen-bond acceptors (Lipinski definition) is 5. The van der Waals surface area contributed by atoms with Crippen LogP contribution in [0.3, 0.4) is 0 Å².